The molecule has 4 nitrogen and oxygen atoms in total. The Labute approximate surface area is 136 Å². The van der Waals surface area contributed by atoms with Crippen LogP contribution in [0.5, 0.6) is 0 Å². The van der Waals surface area contributed by atoms with E-state index in [-0.39, 0.29) is 18.4 Å². The molecule has 0 saturated heterocycles. The standard InChI is InChI=1S/C19H21NO3/c1-19(2,18(22)23-3)14-20(16-12-8-5-9-13-16)17(21)15-10-6-4-7-11-15/h4-13H,14H2,1-3H3. The molecule has 0 bridgehead atoms. The molecule has 2 aromatic rings. The Morgan fingerprint density at radius 1 is 0.957 bits per heavy atom. The Kier molecular flexibility index (Phi) is 5.16. The van der Waals surface area contributed by atoms with E-state index in [4.69, 9.17) is 4.74 Å². The monoisotopic (exact) mass is 311 g/mol. The van der Waals surface area contributed by atoms with Gasteiger partial charge in [0.1, 0.15) is 0 Å². The third kappa shape index (κ3) is 3.97. The normalized spacial score (nSPS) is 10.9. The number of esters is 1. The number of anilines is 1. The number of para-hydroxylation sites is 1. The predicted octanol–water partition coefficient (Wildman–Crippen LogP) is 3.53. The van der Waals surface area contributed by atoms with Gasteiger partial charge in [-0.05, 0) is 38.1 Å². The summed E-state index contributed by atoms with van der Waals surface area (Å²) in [6, 6.07) is 18.4. The fourth-order valence-corrected chi connectivity index (χ4v) is 2.36. The average molecular weight is 311 g/mol. The number of benzene rings is 2. The maximum Gasteiger partial charge on any atom is 0.313 e. The number of amides is 1. The summed E-state index contributed by atoms with van der Waals surface area (Å²) in [5.41, 5.74) is 0.519. The number of carbonyl (C=O) groups is 2. The highest BCUT2D eigenvalue weighted by molar-refractivity contribution is 6.06. The van der Waals surface area contributed by atoms with E-state index in [2.05, 4.69) is 0 Å². The molecule has 0 spiro atoms. The van der Waals surface area contributed by atoms with Crippen LogP contribution in [0.15, 0.2) is 60.7 Å². The summed E-state index contributed by atoms with van der Waals surface area (Å²) >= 11 is 0. The van der Waals surface area contributed by atoms with E-state index in [1.54, 1.807) is 30.9 Å². The first kappa shape index (κ1) is 16.7. The first-order valence-electron chi connectivity index (χ1n) is 7.46. The molecule has 4 heteroatoms. The van der Waals surface area contributed by atoms with E-state index >= 15 is 0 Å². The average Bonchev–Trinajstić information content (AvgIpc) is 2.60. The smallest absolute Gasteiger partial charge is 0.313 e. The van der Waals surface area contributed by atoms with Crippen molar-refractivity contribution in [2.24, 2.45) is 5.41 Å². The summed E-state index contributed by atoms with van der Waals surface area (Å²) in [4.78, 5) is 26.5. The van der Waals surface area contributed by atoms with Crippen molar-refractivity contribution < 1.29 is 14.3 Å². The second-order valence-corrected chi connectivity index (χ2v) is 5.97. The summed E-state index contributed by atoms with van der Waals surface area (Å²) in [7, 11) is 1.36. The van der Waals surface area contributed by atoms with Crippen molar-refractivity contribution in [3.05, 3.63) is 66.2 Å². The lowest BCUT2D eigenvalue weighted by molar-refractivity contribution is -0.150. The molecule has 1 amide bonds. The summed E-state index contributed by atoms with van der Waals surface area (Å²) < 4.78 is 4.86. The quantitative estimate of drug-likeness (QED) is 0.794. The number of rotatable bonds is 5. The second kappa shape index (κ2) is 7.09. The molecule has 0 aliphatic rings. The molecule has 0 aromatic heterocycles. The Balaban J connectivity index is 2.37. The minimum atomic E-state index is -0.810. The van der Waals surface area contributed by atoms with Crippen molar-refractivity contribution in [3.8, 4) is 0 Å². The van der Waals surface area contributed by atoms with Crippen LogP contribution < -0.4 is 4.90 Å². The zero-order valence-corrected chi connectivity index (χ0v) is 13.7. The number of ether oxygens (including phenoxy) is 1. The highest BCUT2D eigenvalue weighted by atomic mass is 16.5. The lowest BCUT2D eigenvalue weighted by Crippen LogP contribution is -2.43. The molecule has 23 heavy (non-hydrogen) atoms. The highest BCUT2D eigenvalue weighted by Crippen LogP contribution is 2.25. The van der Waals surface area contributed by atoms with E-state index in [1.165, 1.54) is 7.11 Å². The van der Waals surface area contributed by atoms with Crippen LogP contribution in [0.25, 0.3) is 0 Å². The molecule has 0 unspecified atom stereocenters. The lowest BCUT2D eigenvalue weighted by atomic mass is 9.92. The predicted molar refractivity (Wildman–Crippen MR) is 90.4 cm³/mol. The Morgan fingerprint density at radius 3 is 2.00 bits per heavy atom. The van der Waals surface area contributed by atoms with E-state index in [1.807, 2.05) is 48.5 Å². The van der Waals surface area contributed by atoms with Crippen LogP contribution in [0.2, 0.25) is 0 Å². The first-order chi connectivity index (χ1) is 11.0. The molecule has 0 heterocycles. The van der Waals surface area contributed by atoms with Gasteiger partial charge in [-0.25, -0.2) is 0 Å². The molecule has 0 aliphatic carbocycles. The summed E-state index contributed by atoms with van der Waals surface area (Å²) in [5.74, 6) is -0.493. The van der Waals surface area contributed by atoms with Gasteiger partial charge in [0.25, 0.3) is 5.91 Å². The minimum absolute atomic E-state index is 0.145. The van der Waals surface area contributed by atoms with Gasteiger partial charge in [0, 0.05) is 17.8 Å². The maximum atomic E-state index is 12.9. The summed E-state index contributed by atoms with van der Waals surface area (Å²) in [6.07, 6.45) is 0. The van der Waals surface area contributed by atoms with Crippen molar-refractivity contribution in [2.75, 3.05) is 18.6 Å². The number of hydrogen-bond acceptors (Lipinski definition) is 3. The van der Waals surface area contributed by atoms with Crippen molar-refractivity contribution >= 4 is 17.6 Å². The van der Waals surface area contributed by atoms with Crippen LogP contribution in [-0.4, -0.2) is 25.5 Å². The fraction of sp³-hybridized carbons (Fsp3) is 0.263. The van der Waals surface area contributed by atoms with Crippen LogP contribution in [0.4, 0.5) is 5.69 Å². The van der Waals surface area contributed by atoms with Gasteiger partial charge in [-0.2, -0.15) is 0 Å². The number of hydrogen-bond donors (Lipinski definition) is 0. The van der Waals surface area contributed by atoms with Crippen LogP contribution in [-0.2, 0) is 9.53 Å². The van der Waals surface area contributed by atoms with E-state index in [0.717, 1.165) is 5.69 Å². The molecular formula is C19H21NO3. The number of nitrogens with zero attached hydrogens (tertiary/aromatic N) is 1. The summed E-state index contributed by atoms with van der Waals surface area (Å²) in [6.45, 7) is 3.78. The van der Waals surface area contributed by atoms with Crippen molar-refractivity contribution in [3.63, 3.8) is 0 Å². The third-order valence-electron chi connectivity index (χ3n) is 3.63. The van der Waals surface area contributed by atoms with Gasteiger partial charge < -0.3 is 9.64 Å². The van der Waals surface area contributed by atoms with E-state index in [0.29, 0.717) is 5.56 Å². The Bertz CT molecular complexity index is 666. The minimum Gasteiger partial charge on any atom is -0.469 e. The number of carbonyl (C=O) groups excluding carboxylic acids is 2. The molecular weight excluding hydrogens is 290 g/mol. The Morgan fingerprint density at radius 2 is 1.48 bits per heavy atom. The molecule has 0 atom stereocenters. The maximum absolute atomic E-state index is 12.9. The third-order valence-corrected chi connectivity index (χ3v) is 3.63. The highest BCUT2D eigenvalue weighted by Gasteiger charge is 2.33. The first-order valence-corrected chi connectivity index (χ1v) is 7.46. The van der Waals surface area contributed by atoms with Gasteiger partial charge >= 0.3 is 5.97 Å². The van der Waals surface area contributed by atoms with Gasteiger partial charge in [0.2, 0.25) is 0 Å². The molecule has 120 valence electrons. The number of methoxy groups -OCH3 is 1. The van der Waals surface area contributed by atoms with Crippen molar-refractivity contribution in [2.45, 2.75) is 13.8 Å². The largest absolute Gasteiger partial charge is 0.469 e. The van der Waals surface area contributed by atoms with Gasteiger partial charge in [0.05, 0.1) is 12.5 Å². The van der Waals surface area contributed by atoms with Gasteiger partial charge in [-0.3, -0.25) is 9.59 Å². The van der Waals surface area contributed by atoms with Gasteiger partial charge in [-0.15, -0.1) is 0 Å². The molecule has 2 aromatic carbocycles. The lowest BCUT2D eigenvalue weighted by Gasteiger charge is -2.31. The SMILES string of the molecule is COC(=O)C(C)(C)CN(C(=O)c1ccccc1)c1ccccc1. The van der Waals surface area contributed by atoms with Gasteiger partial charge in [0.15, 0.2) is 0 Å². The van der Waals surface area contributed by atoms with E-state index in [9.17, 15) is 9.59 Å². The molecule has 2 rings (SSSR count). The van der Waals surface area contributed by atoms with Crippen LogP contribution in [0.3, 0.4) is 0 Å². The van der Waals surface area contributed by atoms with Crippen LogP contribution in [0.1, 0.15) is 24.2 Å². The molecule has 0 fully saturated rings. The molecule has 0 radical (unpaired) electrons. The van der Waals surface area contributed by atoms with E-state index < -0.39 is 5.41 Å². The van der Waals surface area contributed by atoms with Crippen molar-refractivity contribution in [1.29, 1.82) is 0 Å². The van der Waals surface area contributed by atoms with Crippen LogP contribution in [0, 0.1) is 5.41 Å². The molecule has 0 N–H and O–H groups in total. The van der Waals surface area contributed by atoms with Crippen molar-refractivity contribution in [1.82, 2.24) is 0 Å². The molecule has 0 saturated carbocycles. The second-order valence-electron chi connectivity index (χ2n) is 5.97. The zero-order chi connectivity index (χ0) is 16.9. The Hall–Kier alpha value is -2.62. The fourth-order valence-electron chi connectivity index (χ4n) is 2.36. The topological polar surface area (TPSA) is 46.6 Å². The summed E-state index contributed by atoms with van der Waals surface area (Å²) in [5, 5.41) is 0. The van der Waals surface area contributed by atoms with Gasteiger partial charge in [-0.1, -0.05) is 36.4 Å². The molecule has 0 aliphatic heterocycles. The zero-order valence-electron chi connectivity index (χ0n) is 13.7. The van der Waals surface area contributed by atoms with Crippen LogP contribution >= 0.6 is 0 Å².